The summed E-state index contributed by atoms with van der Waals surface area (Å²) in [5, 5.41) is 38.2. The molecule has 1 amide bonds. The van der Waals surface area contributed by atoms with Gasteiger partial charge in [0.05, 0.1) is 42.4 Å². The number of ether oxygens (including phenoxy) is 6. The lowest BCUT2D eigenvalue weighted by atomic mass is 9.42. The van der Waals surface area contributed by atoms with Crippen LogP contribution in [0.15, 0.2) is 91.0 Å². The monoisotopic (exact) mass is 955 g/mol. The van der Waals surface area contributed by atoms with E-state index in [0.29, 0.717) is 0 Å². The van der Waals surface area contributed by atoms with Gasteiger partial charge in [-0.2, -0.15) is 0 Å². The van der Waals surface area contributed by atoms with Gasteiger partial charge in [-0.1, -0.05) is 87.5 Å². The van der Waals surface area contributed by atoms with Gasteiger partial charge in [0.1, 0.15) is 30.0 Å². The molecular formula is C51H57NO17. The van der Waals surface area contributed by atoms with Gasteiger partial charge in [-0.05, 0) is 36.8 Å². The van der Waals surface area contributed by atoms with E-state index in [1.54, 1.807) is 87.5 Å². The first-order valence-corrected chi connectivity index (χ1v) is 22.8. The number of carbonyl (C=O) groups excluding carboxylic acids is 7. The molecule has 3 saturated carbocycles. The molecule has 0 radical (unpaired) electrons. The van der Waals surface area contributed by atoms with E-state index < -0.39 is 149 Å². The number of hydrogen-bond donors (Lipinski definition) is 4. The highest BCUT2D eigenvalue weighted by Gasteiger charge is 2.79. The Morgan fingerprint density at radius 2 is 1.41 bits per heavy atom. The summed E-state index contributed by atoms with van der Waals surface area (Å²) in [7, 11) is 0. The average Bonchev–Trinajstić information content (AvgIpc) is 3.30. The fraction of sp³-hybridized carbons (Fsp3) is 0.490. The van der Waals surface area contributed by atoms with Gasteiger partial charge in [0.25, 0.3) is 5.91 Å². The lowest BCUT2D eigenvalue weighted by molar-refractivity contribution is -0.355. The van der Waals surface area contributed by atoms with Gasteiger partial charge in [0.15, 0.2) is 17.5 Å². The molecule has 1 heterocycles. The van der Waals surface area contributed by atoms with Crippen LogP contribution in [0.3, 0.4) is 0 Å². The number of carboxylic acid groups (broad SMARTS) is 1. The second-order valence-electron chi connectivity index (χ2n) is 19.2. The Bertz CT molecular complexity index is 2460. The van der Waals surface area contributed by atoms with E-state index in [9.17, 15) is 44.1 Å². The zero-order chi connectivity index (χ0) is 50.2. The summed E-state index contributed by atoms with van der Waals surface area (Å²) >= 11 is 0. The van der Waals surface area contributed by atoms with E-state index in [1.165, 1.54) is 31.2 Å². The fourth-order valence-electron chi connectivity index (χ4n) is 11.3. The molecule has 2 bridgehead atoms. The first kappa shape index (κ1) is 50.4. The molecule has 7 rings (SSSR count). The zero-order valence-electron chi connectivity index (χ0n) is 39.0. The van der Waals surface area contributed by atoms with E-state index in [2.05, 4.69) is 5.32 Å². The highest BCUT2D eigenvalue weighted by Crippen LogP contribution is 2.65. The molecule has 4 fully saturated rings. The third-order valence-corrected chi connectivity index (χ3v) is 14.8. The van der Waals surface area contributed by atoms with Gasteiger partial charge in [0.2, 0.25) is 6.10 Å². The van der Waals surface area contributed by atoms with Crippen molar-refractivity contribution in [3.05, 3.63) is 108 Å². The standard InChI is InChI=1S/C51H57NO17/c1-27-33(66-47(62)41(67-37(58)23-22-36(56)57)39(30-16-10-7-11-17-30)52-45(60)31-18-12-8-13-19-31)25-51(63)44(68-46(61)32-20-14-9-15-21-32)42-49(6,34(55)24-35-50(42,26-64-35)69-29(3)54)43(59)40(65-28(2)53)38(27)48(51,4)5/h7-21,27,33-35,38-42,44,55,63H,22-26H2,1-6H3,(H,52,60)(H,56,57)/t27?,33-,34-,35+,38-,39-,40+,41+,42+,44+,49+,50-,51+/m0/s1. The Hall–Kier alpha value is -6.50. The number of carbonyl (C=O) groups is 8. The molecule has 69 heavy (non-hydrogen) atoms. The minimum atomic E-state index is -2.44. The molecule has 3 aliphatic carbocycles. The first-order chi connectivity index (χ1) is 32.6. The van der Waals surface area contributed by atoms with Crippen LogP contribution in [-0.2, 0) is 57.2 Å². The molecule has 18 heteroatoms. The smallest absolute Gasteiger partial charge is 0.350 e. The van der Waals surface area contributed by atoms with Crippen LogP contribution in [0.1, 0.15) is 99.5 Å². The topological polar surface area (TPSA) is 265 Å². The fourth-order valence-corrected chi connectivity index (χ4v) is 11.3. The number of aliphatic carboxylic acids is 1. The van der Waals surface area contributed by atoms with Crippen molar-refractivity contribution in [2.45, 2.75) is 121 Å². The van der Waals surface area contributed by atoms with Gasteiger partial charge < -0.3 is 49.1 Å². The zero-order valence-corrected chi connectivity index (χ0v) is 39.0. The summed E-state index contributed by atoms with van der Waals surface area (Å²) in [6, 6.07) is 22.2. The predicted octanol–water partition coefficient (Wildman–Crippen LogP) is 4.09. The van der Waals surface area contributed by atoms with Crippen LogP contribution in [0.25, 0.3) is 0 Å². The minimum Gasteiger partial charge on any atom is -0.481 e. The summed E-state index contributed by atoms with van der Waals surface area (Å²) < 4.78 is 36.5. The number of hydrogen-bond acceptors (Lipinski definition) is 16. The molecule has 1 aliphatic heterocycles. The summed E-state index contributed by atoms with van der Waals surface area (Å²) in [5.74, 6) is -11.9. The number of aliphatic hydroxyl groups excluding tert-OH is 1. The van der Waals surface area contributed by atoms with Gasteiger partial charge in [-0.3, -0.25) is 28.8 Å². The summed E-state index contributed by atoms with van der Waals surface area (Å²) in [5.41, 5.74) is -7.51. The molecular weight excluding hydrogens is 899 g/mol. The summed E-state index contributed by atoms with van der Waals surface area (Å²) in [6.07, 6.45) is -12.0. The molecule has 0 aromatic heterocycles. The molecule has 1 unspecified atom stereocenters. The lowest BCUT2D eigenvalue weighted by Crippen LogP contribution is -2.83. The molecule has 13 atom stereocenters. The van der Waals surface area contributed by atoms with E-state index >= 15 is 9.59 Å². The Kier molecular flexibility index (Phi) is 14.2. The van der Waals surface area contributed by atoms with Crippen molar-refractivity contribution in [1.82, 2.24) is 5.32 Å². The second kappa shape index (κ2) is 19.5. The van der Waals surface area contributed by atoms with Crippen molar-refractivity contribution in [2.24, 2.45) is 28.6 Å². The normalized spacial score (nSPS) is 31.7. The number of carboxylic acids is 1. The molecule has 4 aliphatic rings. The lowest BCUT2D eigenvalue weighted by Gasteiger charge is -2.69. The molecule has 1 saturated heterocycles. The SMILES string of the molecule is CC(=O)O[C@H]1C(=O)[C@]2(C)[C@@H](O)C[C@H]3OC[C@@]3(OC(C)=O)[C@@H]2[C@@H](OC(=O)c2ccccc2)[C@]2(O)C[C@H](OC(=O)[C@H](OC(=O)CCC(=O)O)[C@@H](NC(=O)c3ccccc3)c3ccccc3)C(C)[C@@H]1C2(C)C. The molecule has 3 aromatic carbocycles. The number of fused-ring (bicyclic) bond motifs is 5. The van der Waals surface area contributed by atoms with Crippen molar-refractivity contribution < 1.29 is 82.1 Å². The Morgan fingerprint density at radius 1 is 0.812 bits per heavy atom. The van der Waals surface area contributed by atoms with Crippen molar-refractivity contribution in [3.8, 4) is 0 Å². The Labute approximate surface area is 397 Å². The first-order valence-electron chi connectivity index (χ1n) is 22.8. The number of esters is 5. The quantitative estimate of drug-likeness (QED) is 0.131. The van der Waals surface area contributed by atoms with Gasteiger partial charge in [-0.15, -0.1) is 0 Å². The van der Waals surface area contributed by atoms with Crippen LogP contribution < -0.4 is 5.32 Å². The van der Waals surface area contributed by atoms with Gasteiger partial charge in [0, 0.05) is 49.5 Å². The van der Waals surface area contributed by atoms with Crippen LogP contribution in [0.4, 0.5) is 0 Å². The van der Waals surface area contributed by atoms with E-state index in [0.717, 1.165) is 13.8 Å². The van der Waals surface area contributed by atoms with E-state index in [4.69, 9.17) is 28.4 Å². The predicted molar refractivity (Wildman–Crippen MR) is 238 cm³/mol. The highest BCUT2D eigenvalue weighted by molar-refractivity contribution is 5.95. The maximum absolute atomic E-state index is 15.7. The summed E-state index contributed by atoms with van der Waals surface area (Å²) in [6.45, 7) is 7.98. The Morgan fingerprint density at radius 3 is 1.96 bits per heavy atom. The number of nitrogens with one attached hydrogen (secondary N) is 1. The Balaban J connectivity index is 1.40. The van der Waals surface area contributed by atoms with Crippen LogP contribution in [-0.4, -0.2) is 117 Å². The van der Waals surface area contributed by atoms with Crippen molar-refractivity contribution in [3.63, 3.8) is 0 Å². The van der Waals surface area contributed by atoms with Crippen LogP contribution in [0, 0.1) is 28.6 Å². The van der Waals surface area contributed by atoms with Crippen LogP contribution in [0.5, 0.6) is 0 Å². The van der Waals surface area contributed by atoms with Crippen molar-refractivity contribution >= 4 is 47.5 Å². The number of rotatable bonds is 14. The third kappa shape index (κ3) is 9.24. The number of Topliss-reactive ketones (excluding diaryl/α,β-unsaturated/α-hetero) is 1. The second-order valence-corrected chi connectivity index (χ2v) is 19.2. The van der Waals surface area contributed by atoms with Crippen molar-refractivity contribution in [2.75, 3.05) is 6.61 Å². The molecule has 0 spiro atoms. The molecule has 18 nitrogen and oxygen atoms in total. The average molecular weight is 956 g/mol. The minimum absolute atomic E-state index is 0.0341. The van der Waals surface area contributed by atoms with Gasteiger partial charge in [-0.25, -0.2) is 9.59 Å². The third-order valence-electron chi connectivity index (χ3n) is 14.8. The molecule has 4 N–H and O–H groups in total. The number of benzene rings is 3. The number of aliphatic hydroxyl groups is 2. The largest absolute Gasteiger partial charge is 0.481 e. The van der Waals surface area contributed by atoms with Gasteiger partial charge >= 0.3 is 35.8 Å². The molecule has 368 valence electrons. The maximum atomic E-state index is 15.7. The number of amides is 1. The summed E-state index contributed by atoms with van der Waals surface area (Å²) in [4.78, 5) is 110. The number of ketones is 1. The van der Waals surface area contributed by atoms with E-state index in [1.807, 2.05) is 0 Å². The van der Waals surface area contributed by atoms with E-state index in [-0.39, 0.29) is 29.7 Å². The maximum Gasteiger partial charge on any atom is 0.350 e. The molecule has 3 aromatic rings. The van der Waals surface area contributed by atoms with Crippen molar-refractivity contribution in [1.29, 1.82) is 0 Å². The highest BCUT2D eigenvalue weighted by atomic mass is 16.6. The van der Waals surface area contributed by atoms with Crippen LogP contribution in [0.2, 0.25) is 0 Å². The van der Waals surface area contributed by atoms with Crippen LogP contribution >= 0.6 is 0 Å².